The van der Waals surface area contributed by atoms with E-state index in [-0.39, 0.29) is 37.8 Å². The molecular formula is C56H78N6O15S2. The van der Waals surface area contributed by atoms with Crippen LogP contribution in [0.4, 0.5) is 0 Å². The zero-order valence-corrected chi connectivity index (χ0v) is 47.8. The van der Waals surface area contributed by atoms with Crippen LogP contribution in [0.2, 0.25) is 0 Å². The van der Waals surface area contributed by atoms with E-state index in [1.54, 1.807) is 76.7 Å². The average Bonchev–Trinajstić information content (AvgIpc) is 4.26. The van der Waals surface area contributed by atoms with Crippen LogP contribution in [0.5, 0.6) is 11.5 Å². The van der Waals surface area contributed by atoms with E-state index in [0.29, 0.717) is 69.0 Å². The number of piperidine rings is 2. The first kappa shape index (κ1) is 63.7. The van der Waals surface area contributed by atoms with Crippen LogP contribution in [-0.2, 0) is 61.5 Å². The fourth-order valence-electron chi connectivity index (χ4n) is 10.5. The number of likely N-dealkylation sites (tertiary alicyclic amines) is 1. The predicted molar refractivity (Wildman–Crippen MR) is 294 cm³/mol. The Morgan fingerprint density at radius 1 is 0.620 bits per heavy atom. The number of amides is 1. The Morgan fingerprint density at radius 3 is 1.47 bits per heavy atom. The van der Waals surface area contributed by atoms with Crippen LogP contribution in [0.15, 0.2) is 83.1 Å². The molecule has 4 unspecified atom stereocenters. The number of aryl methyl sites for hydroxylation is 4. The number of carbonyl (C=O) groups excluding carboxylic acids is 1. The van der Waals surface area contributed by atoms with Gasteiger partial charge in [0.15, 0.2) is 0 Å². The number of hydrogen-bond acceptors (Lipinski definition) is 15. The molecular weight excluding hydrogens is 1060 g/mol. The van der Waals surface area contributed by atoms with Crippen molar-refractivity contribution in [1.29, 1.82) is 0 Å². The van der Waals surface area contributed by atoms with E-state index >= 15 is 0 Å². The van der Waals surface area contributed by atoms with Gasteiger partial charge in [0.25, 0.3) is 0 Å². The monoisotopic (exact) mass is 1140 g/mol. The maximum atomic E-state index is 13.7. The summed E-state index contributed by atoms with van der Waals surface area (Å²) in [5, 5.41) is 26.9. The highest BCUT2D eigenvalue weighted by Crippen LogP contribution is 2.34. The van der Waals surface area contributed by atoms with Gasteiger partial charge in [0.05, 0.1) is 37.2 Å². The van der Waals surface area contributed by atoms with Gasteiger partial charge in [0, 0.05) is 63.1 Å². The van der Waals surface area contributed by atoms with Crippen molar-refractivity contribution in [3.05, 3.63) is 107 Å². The molecule has 4 aliphatic heterocycles. The summed E-state index contributed by atoms with van der Waals surface area (Å²) in [5.41, 5.74) is 5.16. The minimum atomic E-state index is -3.70. The van der Waals surface area contributed by atoms with Crippen molar-refractivity contribution in [2.45, 2.75) is 114 Å². The molecule has 1 amide bonds. The summed E-state index contributed by atoms with van der Waals surface area (Å²) >= 11 is 0. The van der Waals surface area contributed by atoms with Gasteiger partial charge in [-0.05, 0) is 174 Å². The van der Waals surface area contributed by atoms with Gasteiger partial charge >= 0.3 is 17.9 Å². The summed E-state index contributed by atoms with van der Waals surface area (Å²) in [6, 6.07) is 14.5. The number of methoxy groups -OCH3 is 2. The van der Waals surface area contributed by atoms with Gasteiger partial charge in [0.1, 0.15) is 24.7 Å². The van der Waals surface area contributed by atoms with Crippen molar-refractivity contribution < 1.29 is 70.3 Å². The van der Waals surface area contributed by atoms with Gasteiger partial charge < -0.3 is 44.5 Å². The van der Waals surface area contributed by atoms with Gasteiger partial charge in [-0.25, -0.2) is 31.2 Å². The Morgan fingerprint density at radius 2 is 1.08 bits per heavy atom. The molecule has 6 heterocycles. The van der Waals surface area contributed by atoms with Crippen molar-refractivity contribution in [3.8, 4) is 11.5 Å². The van der Waals surface area contributed by atoms with E-state index in [1.165, 1.54) is 41.4 Å². The smallest absolute Gasteiger partial charge is 0.414 e. The summed E-state index contributed by atoms with van der Waals surface area (Å²) in [6.07, 6.45) is 16.6. The number of nitrogens with zero attached hydrogens (tertiary/aromatic N) is 5. The molecule has 4 saturated heterocycles. The van der Waals surface area contributed by atoms with E-state index in [2.05, 4.69) is 27.4 Å². The zero-order valence-electron chi connectivity index (χ0n) is 46.2. The second kappa shape index (κ2) is 31.1. The van der Waals surface area contributed by atoms with Gasteiger partial charge in [-0.3, -0.25) is 14.8 Å². The highest BCUT2D eigenvalue weighted by Gasteiger charge is 2.38. The lowest BCUT2D eigenvalue weighted by Crippen LogP contribution is -2.46. The zero-order chi connectivity index (χ0) is 57.7. The largest absolute Gasteiger partial charge is 0.497 e. The molecule has 4 fully saturated rings. The topological polar surface area (TPSA) is 282 Å². The number of aromatic nitrogens is 2. The molecule has 4 atom stereocenters. The van der Waals surface area contributed by atoms with Crippen LogP contribution >= 0.6 is 0 Å². The van der Waals surface area contributed by atoms with Gasteiger partial charge in [-0.15, -0.1) is 0 Å². The van der Waals surface area contributed by atoms with Crippen molar-refractivity contribution in [2.75, 3.05) is 79.9 Å². The molecule has 0 spiro atoms. The number of ether oxygens (including phenoxy) is 4. The Bertz CT molecular complexity index is 2800. The fraction of sp³-hybridized carbons (Fsp3) is 0.536. The van der Waals surface area contributed by atoms with Gasteiger partial charge in [-0.2, -0.15) is 8.61 Å². The first-order valence-corrected chi connectivity index (χ1v) is 29.5. The van der Waals surface area contributed by atoms with Gasteiger partial charge in [0.2, 0.25) is 26.0 Å². The number of carboxylic acid groups (broad SMARTS) is 3. The number of aliphatic carboxylic acids is 3. The minimum absolute atomic E-state index is 0.0232. The Hall–Kier alpha value is -6.08. The molecule has 2 aromatic carbocycles. The van der Waals surface area contributed by atoms with Crippen LogP contribution in [0, 0.1) is 39.5 Å². The molecule has 4 aliphatic rings. The SMILES string of the molecule is COc1cc(C)c(S(=O)(=O)N2CCCCC2COCC(=O)N2CCC(Cc3cccnc3)C2)c(C)c1.COc1cc(C)c(S(=O)(=O)N2CCCCC2COCC(=O)O)c(C)c1.O=C(O)C(=O)O.c1cncc(CC2CCNC2)c1. The molecule has 0 radical (unpaired) electrons. The fourth-order valence-corrected chi connectivity index (χ4v) is 14.7. The molecule has 4 aromatic rings. The van der Waals surface area contributed by atoms with Crippen LogP contribution in [0.25, 0.3) is 0 Å². The number of nitrogens with one attached hydrogen (secondary N) is 1. The molecule has 0 saturated carbocycles. The highest BCUT2D eigenvalue weighted by molar-refractivity contribution is 7.89. The Kier molecular flexibility index (Phi) is 25.1. The van der Waals surface area contributed by atoms with Crippen LogP contribution in [-0.4, -0.2) is 171 Å². The quantitative estimate of drug-likeness (QED) is 0.0869. The Balaban J connectivity index is 0.000000228. The van der Waals surface area contributed by atoms with Crippen molar-refractivity contribution in [2.24, 2.45) is 11.8 Å². The lowest BCUT2D eigenvalue weighted by atomic mass is 10.0. The summed E-state index contributed by atoms with van der Waals surface area (Å²) in [7, 11) is -4.28. The first-order chi connectivity index (χ1) is 37.7. The molecule has 0 aliphatic carbocycles. The van der Waals surface area contributed by atoms with E-state index < -0.39 is 44.6 Å². The summed E-state index contributed by atoms with van der Waals surface area (Å²) in [5.74, 6) is -2.23. The third-order valence-electron chi connectivity index (χ3n) is 14.2. The lowest BCUT2D eigenvalue weighted by Gasteiger charge is -2.35. The van der Waals surface area contributed by atoms with Gasteiger partial charge in [-0.1, -0.05) is 25.0 Å². The number of pyridine rings is 2. The number of sulfonamides is 2. The normalized spacial score (nSPS) is 19.6. The molecule has 23 heteroatoms. The standard InChI is InChI=1S/C27H37N3O5S.C17H25NO6S.C10H14N2.C2H2O4/c1-20-13-25(34-3)14-21(2)27(20)36(32,33)30-11-5-4-8-24(30)18-35-19-26(31)29-12-9-23(17-29)15-22-7-6-10-28-16-22;1-12-8-15(23-3)9-13(2)17(12)25(21,22)18-7-5-4-6-14(18)10-24-11-16(19)20;1-2-9(7-11-4-1)6-10-3-5-12-8-10;3-1(4)2(5)6/h6-7,10,13-14,16,23-24H,4-5,8-9,11-12,15,17-19H2,1-3H3;8-9,14H,4-7,10-11H2,1-3H3,(H,19,20);1-2,4,7,10,12H,3,5-6,8H2;(H,3,4)(H,5,6). The second-order valence-corrected chi connectivity index (χ2v) is 23.9. The molecule has 4 N–H and O–H groups in total. The third-order valence-corrected chi connectivity index (χ3v) is 18.7. The maximum absolute atomic E-state index is 13.7. The summed E-state index contributed by atoms with van der Waals surface area (Å²) < 4.78 is 78.4. The Labute approximate surface area is 464 Å². The number of rotatable bonds is 18. The number of benzene rings is 2. The van der Waals surface area contributed by atoms with Crippen molar-refractivity contribution >= 4 is 43.9 Å². The molecule has 2 aromatic heterocycles. The van der Waals surface area contributed by atoms with Crippen LogP contribution in [0.3, 0.4) is 0 Å². The summed E-state index contributed by atoms with van der Waals surface area (Å²) in [4.78, 5) is 52.4. The number of hydrogen-bond donors (Lipinski definition) is 4. The third kappa shape index (κ3) is 19.0. The van der Waals surface area contributed by atoms with Crippen molar-refractivity contribution in [3.63, 3.8) is 0 Å². The van der Waals surface area contributed by atoms with E-state index in [4.69, 9.17) is 43.9 Å². The second-order valence-electron chi connectivity index (χ2n) is 20.2. The molecule has 0 bridgehead atoms. The highest BCUT2D eigenvalue weighted by atomic mass is 32.2. The van der Waals surface area contributed by atoms with Crippen molar-refractivity contribution in [1.82, 2.24) is 28.8 Å². The lowest BCUT2D eigenvalue weighted by molar-refractivity contribution is -0.159. The average molecular weight is 1140 g/mol. The van der Waals surface area contributed by atoms with Crippen LogP contribution < -0.4 is 14.8 Å². The molecule has 79 heavy (non-hydrogen) atoms. The number of carboxylic acids is 3. The molecule has 434 valence electrons. The first-order valence-electron chi connectivity index (χ1n) is 26.6. The molecule has 21 nitrogen and oxygen atoms in total. The molecule has 8 rings (SSSR count). The van der Waals surface area contributed by atoms with E-state index in [0.717, 1.165) is 64.0 Å². The summed E-state index contributed by atoms with van der Waals surface area (Å²) in [6.45, 7) is 11.6. The minimum Gasteiger partial charge on any atom is -0.497 e. The van der Waals surface area contributed by atoms with E-state index in [1.807, 2.05) is 35.6 Å². The van der Waals surface area contributed by atoms with E-state index in [9.17, 15) is 26.4 Å². The van der Waals surface area contributed by atoms with Crippen LogP contribution in [0.1, 0.15) is 84.7 Å². The number of carbonyl (C=O) groups is 4. The predicted octanol–water partition coefficient (Wildman–Crippen LogP) is 5.70. The maximum Gasteiger partial charge on any atom is 0.414 e.